The fraction of sp³-hybridized carbons (Fsp3) is 0.143. The number of benzene rings is 1. The summed E-state index contributed by atoms with van der Waals surface area (Å²) in [5.41, 5.74) is 3.66. The predicted octanol–water partition coefficient (Wildman–Crippen LogP) is 3.43. The zero-order valence-corrected chi connectivity index (χ0v) is 15.8. The van der Waals surface area contributed by atoms with Crippen molar-refractivity contribution in [2.75, 3.05) is 11.9 Å². The van der Waals surface area contributed by atoms with Crippen LogP contribution in [0.1, 0.15) is 22.3 Å². The molecule has 1 aliphatic rings. The van der Waals surface area contributed by atoms with Gasteiger partial charge in [0.2, 0.25) is 0 Å². The average molecular weight is 385 g/mol. The number of pyridine rings is 1. The summed E-state index contributed by atoms with van der Waals surface area (Å²) in [5, 5.41) is 8.48. The maximum Gasteiger partial charge on any atom is 0.263 e. The van der Waals surface area contributed by atoms with Crippen LogP contribution in [0.3, 0.4) is 0 Å². The molecule has 0 saturated carbocycles. The Kier molecular flexibility index (Phi) is 3.74. The zero-order chi connectivity index (χ0) is 19.3. The van der Waals surface area contributed by atoms with E-state index in [-0.39, 0.29) is 11.9 Å². The Labute approximate surface area is 165 Å². The summed E-state index contributed by atoms with van der Waals surface area (Å²) in [6, 6.07) is 9.76. The van der Waals surface area contributed by atoms with Gasteiger partial charge in [0.1, 0.15) is 16.9 Å². The summed E-state index contributed by atoms with van der Waals surface area (Å²) in [4.78, 5) is 26.3. The summed E-state index contributed by atoms with van der Waals surface area (Å²) >= 11 is 1.50. The van der Waals surface area contributed by atoms with Crippen molar-refractivity contribution in [3.8, 4) is 23.7 Å². The van der Waals surface area contributed by atoms with Crippen molar-refractivity contribution in [1.29, 1.82) is 0 Å². The van der Waals surface area contributed by atoms with Gasteiger partial charge in [-0.2, -0.15) is 0 Å². The molecule has 1 atom stereocenters. The quantitative estimate of drug-likeness (QED) is 0.491. The second kappa shape index (κ2) is 6.29. The van der Waals surface area contributed by atoms with Crippen LogP contribution in [0, 0.1) is 12.3 Å². The molecule has 0 spiro atoms. The molecule has 0 radical (unpaired) electrons. The first kappa shape index (κ1) is 16.7. The first-order valence-corrected chi connectivity index (χ1v) is 9.65. The van der Waals surface area contributed by atoms with E-state index in [0.29, 0.717) is 22.8 Å². The van der Waals surface area contributed by atoms with Crippen LogP contribution >= 0.6 is 11.3 Å². The molecule has 1 aromatic carbocycles. The van der Waals surface area contributed by atoms with E-state index in [9.17, 15) is 4.79 Å². The van der Waals surface area contributed by atoms with Crippen LogP contribution in [0.25, 0.3) is 32.4 Å². The molecule has 7 heteroatoms. The van der Waals surface area contributed by atoms with E-state index in [1.165, 1.54) is 17.7 Å². The smallest absolute Gasteiger partial charge is 0.263 e. The van der Waals surface area contributed by atoms with Gasteiger partial charge in [-0.1, -0.05) is 5.92 Å². The van der Waals surface area contributed by atoms with E-state index in [4.69, 9.17) is 11.4 Å². The van der Waals surface area contributed by atoms with Crippen LogP contribution in [0.15, 0.2) is 36.7 Å². The number of aromatic nitrogens is 3. The summed E-state index contributed by atoms with van der Waals surface area (Å²) in [6.07, 6.45) is 6.88. The lowest BCUT2D eigenvalue weighted by atomic mass is 10.1. The molecular weight excluding hydrogens is 370 g/mol. The topological polar surface area (TPSA) is 79.8 Å². The number of amides is 1. The van der Waals surface area contributed by atoms with Gasteiger partial charge in [0.25, 0.3) is 5.91 Å². The van der Waals surface area contributed by atoms with Crippen molar-refractivity contribution in [1.82, 2.24) is 20.3 Å². The van der Waals surface area contributed by atoms with Crippen molar-refractivity contribution in [3.63, 3.8) is 0 Å². The van der Waals surface area contributed by atoms with Crippen molar-refractivity contribution in [2.45, 2.75) is 13.0 Å². The van der Waals surface area contributed by atoms with Crippen LogP contribution < -0.4 is 10.6 Å². The number of nitrogens with zero attached hydrogens (tertiary/aromatic N) is 3. The van der Waals surface area contributed by atoms with E-state index in [0.717, 1.165) is 32.4 Å². The summed E-state index contributed by atoms with van der Waals surface area (Å²) in [5.74, 6) is 2.49. The maximum atomic E-state index is 12.5. The Morgan fingerprint density at radius 3 is 2.96 bits per heavy atom. The maximum absolute atomic E-state index is 12.5. The van der Waals surface area contributed by atoms with Crippen molar-refractivity contribution >= 4 is 43.9 Å². The molecule has 2 N–H and O–H groups in total. The van der Waals surface area contributed by atoms with Crippen LogP contribution in [0.5, 0.6) is 0 Å². The second-order valence-electron chi connectivity index (χ2n) is 6.70. The molecule has 0 bridgehead atoms. The summed E-state index contributed by atoms with van der Waals surface area (Å²) in [6.45, 7) is 2.67. The molecule has 6 nitrogen and oxygen atoms in total. The largest absolute Gasteiger partial charge is 0.381 e. The number of carbonyl (C=O) groups is 1. The summed E-state index contributed by atoms with van der Waals surface area (Å²) < 4.78 is 1.06. The van der Waals surface area contributed by atoms with Crippen LogP contribution in [-0.4, -0.2) is 33.4 Å². The third kappa shape index (κ3) is 2.58. The van der Waals surface area contributed by atoms with Gasteiger partial charge < -0.3 is 10.6 Å². The van der Waals surface area contributed by atoms with Gasteiger partial charge >= 0.3 is 0 Å². The molecule has 28 heavy (non-hydrogen) atoms. The monoisotopic (exact) mass is 385 g/mol. The Bertz CT molecular complexity index is 1300. The molecular formula is C21H15N5OS. The highest BCUT2D eigenvalue weighted by molar-refractivity contribution is 7.21. The molecule has 0 aliphatic carbocycles. The highest BCUT2D eigenvalue weighted by Crippen LogP contribution is 2.41. The Morgan fingerprint density at radius 2 is 2.11 bits per heavy atom. The number of hydrogen-bond acceptors (Lipinski definition) is 6. The molecule has 0 saturated heterocycles. The van der Waals surface area contributed by atoms with E-state index in [1.54, 1.807) is 6.07 Å². The number of nitrogens with one attached hydrogen (secondary N) is 2. The average Bonchev–Trinajstić information content (AvgIpc) is 3.04. The molecule has 1 aliphatic heterocycles. The van der Waals surface area contributed by atoms with E-state index in [1.807, 2.05) is 31.2 Å². The molecule has 0 fully saturated rings. The van der Waals surface area contributed by atoms with Crippen molar-refractivity contribution < 1.29 is 4.79 Å². The normalized spacial score (nSPS) is 16.1. The van der Waals surface area contributed by atoms with Gasteiger partial charge in [0, 0.05) is 34.1 Å². The Balaban J connectivity index is 1.71. The molecule has 5 rings (SSSR count). The first-order valence-electron chi connectivity index (χ1n) is 8.84. The van der Waals surface area contributed by atoms with Crippen molar-refractivity contribution in [2.24, 2.45) is 0 Å². The number of rotatable bonds is 1. The van der Waals surface area contributed by atoms with Gasteiger partial charge in [-0.15, -0.1) is 17.8 Å². The molecule has 4 heterocycles. The number of carbonyl (C=O) groups excluding carboxylic acids is 1. The van der Waals surface area contributed by atoms with E-state index >= 15 is 0 Å². The van der Waals surface area contributed by atoms with Crippen molar-refractivity contribution in [3.05, 3.63) is 47.2 Å². The number of hydrogen-bond donors (Lipinski definition) is 2. The Morgan fingerprint density at radius 1 is 1.21 bits per heavy atom. The van der Waals surface area contributed by atoms with E-state index < -0.39 is 0 Å². The number of anilines is 1. The van der Waals surface area contributed by atoms with Gasteiger partial charge in [0.05, 0.1) is 22.6 Å². The van der Waals surface area contributed by atoms with Gasteiger partial charge in [-0.25, -0.2) is 15.0 Å². The SMILES string of the molecule is C#Cc1cc(-c2ccc3c(ccc4sc5c(c43)NC[C@@H](C)NC5=O)n2)ncn1. The third-order valence-electron chi connectivity index (χ3n) is 4.77. The highest BCUT2D eigenvalue weighted by Gasteiger charge is 2.24. The standard InChI is InChI=1S/C21H15N5OS/c1-3-12-8-16(24-10-23-12)15-5-4-13-14(26-15)6-7-17-18(13)19-20(28-17)21(27)25-11(2)9-22-19/h1,4-8,10-11,22H,9H2,2H3,(H,25,27)/t11-/m1/s1. The fourth-order valence-corrected chi connectivity index (χ4v) is 4.54. The molecule has 3 aromatic heterocycles. The number of terminal acetylenes is 1. The zero-order valence-electron chi connectivity index (χ0n) is 15.0. The van der Waals surface area contributed by atoms with E-state index in [2.05, 4.69) is 26.5 Å². The lowest BCUT2D eigenvalue weighted by Gasteiger charge is -2.10. The van der Waals surface area contributed by atoms with Gasteiger partial charge in [-0.05, 0) is 31.2 Å². The van der Waals surface area contributed by atoms with Crippen LogP contribution in [-0.2, 0) is 0 Å². The predicted molar refractivity (Wildman–Crippen MR) is 112 cm³/mol. The molecule has 4 aromatic rings. The molecule has 136 valence electrons. The van der Waals surface area contributed by atoms with Crippen LogP contribution in [0.4, 0.5) is 5.69 Å². The fourth-order valence-electron chi connectivity index (χ4n) is 3.44. The minimum atomic E-state index is -0.0331. The lowest BCUT2D eigenvalue weighted by molar-refractivity contribution is 0.0949. The minimum Gasteiger partial charge on any atom is -0.381 e. The van der Waals surface area contributed by atoms with Gasteiger partial charge in [0.15, 0.2) is 0 Å². The molecule has 1 amide bonds. The molecule has 0 unspecified atom stereocenters. The minimum absolute atomic E-state index is 0.0331. The van der Waals surface area contributed by atoms with Gasteiger partial charge in [-0.3, -0.25) is 4.79 Å². The second-order valence-corrected chi connectivity index (χ2v) is 7.75. The van der Waals surface area contributed by atoms with Crippen LogP contribution in [0.2, 0.25) is 0 Å². The highest BCUT2D eigenvalue weighted by atomic mass is 32.1. The lowest BCUT2D eigenvalue weighted by Crippen LogP contribution is -2.34. The summed E-state index contributed by atoms with van der Waals surface area (Å²) in [7, 11) is 0. The third-order valence-corrected chi connectivity index (χ3v) is 5.92. The number of thiophene rings is 1. The Hall–Kier alpha value is -3.50. The first-order chi connectivity index (χ1) is 13.6. The number of fused-ring (bicyclic) bond motifs is 5.